The summed E-state index contributed by atoms with van der Waals surface area (Å²) in [6, 6.07) is 6.76. The van der Waals surface area contributed by atoms with Crippen molar-refractivity contribution in [2.45, 2.75) is 39.0 Å². The second kappa shape index (κ2) is 8.82. The van der Waals surface area contributed by atoms with Crippen molar-refractivity contribution in [3.05, 3.63) is 69.1 Å². The Bertz CT molecular complexity index is 931. The number of piperidine rings is 1. The van der Waals surface area contributed by atoms with Crippen LogP contribution in [0.3, 0.4) is 0 Å². The summed E-state index contributed by atoms with van der Waals surface area (Å²) >= 11 is 0. The molecule has 8 heteroatoms. The van der Waals surface area contributed by atoms with Gasteiger partial charge in [-0.25, -0.2) is 0 Å². The van der Waals surface area contributed by atoms with Crippen molar-refractivity contribution < 1.29 is 18.0 Å². The van der Waals surface area contributed by atoms with Crippen molar-refractivity contribution in [3.8, 4) is 0 Å². The third-order valence-electron chi connectivity index (χ3n) is 5.22. The molecule has 0 radical (unpaired) electrons. The molecule has 0 spiro atoms. The molecular formula is C21H24F3N3O2. The smallest absolute Gasteiger partial charge is 0.348 e. The number of pyridine rings is 1. The summed E-state index contributed by atoms with van der Waals surface area (Å²) in [5.41, 5.74) is -0.796. The highest BCUT2D eigenvalue weighted by molar-refractivity contribution is 5.95. The lowest BCUT2D eigenvalue weighted by Gasteiger charge is -2.23. The lowest BCUT2D eigenvalue weighted by atomic mass is 9.99. The number of nitrogens with one attached hydrogen (secondary N) is 2. The summed E-state index contributed by atoms with van der Waals surface area (Å²) in [5.74, 6) is -0.362. The van der Waals surface area contributed by atoms with Gasteiger partial charge < -0.3 is 15.2 Å². The van der Waals surface area contributed by atoms with Crippen LogP contribution in [0.1, 0.15) is 39.9 Å². The summed E-state index contributed by atoms with van der Waals surface area (Å²) in [5, 5.41) is 5.77. The molecule has 2 heterocycles. The van der Waals surface area contributed by atoms with Crippen molar-refractivity contribution in [2.75, 3.05) is 13.1 Å². The monoisotopic (exact) mass is 407 g/mol. The molecule has 1 atom stereocenters. The summed E-state index contributed by atoms with van der Waals surface area (Å²) in [6.45, 7) is 3.62. The number of nitrogens with zero attached hydrogens (tertiary/aromatic N) is 1. The molecule has 1 aromatic heterocycles. The van der Waals surface area contributed by atoms with E-state index in [2.05, 4.69) is 10.6 Å². The lowest BCUT2D eigenvalue weighted by molar-refractivity contribution is -0.138. The average molecular weight is 407 g/mol. The van der Waals surface area contributed by atoms with Crippen LogP contribution in [-0.2, 0) is 19.3 Å². The maximum Gasteiger partial charge on any atom is 0.416 e. The molecule has 2 N–H and O–H groups in total. The predicted molar refractivity (Wildman–Crippen MR) is 104 cm³/mol. The van der Waals surface area contributed by atoms with Crippen molar-refractivity contribution in [1.82, 2.24) is 15.2 Å². The lowest BCUT2D eigenvalue weighted by Crippen LogP contribution is -2.38. The topological polar surface area (TPSA) is 63.1 Å². The minimum atomic E-state index is -4.51. The Kier molecular flexibility index (Phi) is 6.42. The highest BCUT2D eigenvalue weighted by Gasteiger charge is 2.33. The Labute approximate surface area is 166 Å². The van der Waals surface area contributed by atoms with Gasteiger partial charge in [0.2, 0.25) is 0 Å². The second-order valence-electron chi connectivity index (χ2n) is 7.38. The maximum absolute atomic E-state index is 13.1. The Morgan fingerprint density at radius 2 is 2.03 bits per heavy atom. The summed E-state index contributed by atoms with van der Waals surface area (Å²) < 4.78 is 40.9. The van der Waals surface area contributed by atoms with Crippen LogP contribution >= 0.6 is 0 Å². The van der Waals surface area contributed by atoms with Crippen molar-refractivity contribution in [2.24, 2.45) is 5.92 Å². The largest absolute Gasteiger partial charge is 0.416 e. The molecule has 1 aliphatic heterocycles. The molecule has 1 fully saturated rings. The average Bonchev–Trinajstić information content (AvgIpc) is 2.69. The minimum Gasteiger partial charge on any atom is -0.348 e. The van der Waals surface area contributed by atoms with E-state index in [0.717, 1.165) is 32.0 Å². The third-order valence-corrected chi connectivity index (χ3v) is 5.22. The Morgan fingerprint density at radius 1 is 1.28 bits per heavy atom. The number of carbonyl (C=O) groups excluding carboxylic acids is 1. The summed E-state index contributed by atoms with van der Waals surface area (Å²) in [6.07, 6.45) is -0.799. The van der Waals surface area contributed by atoms with Gasteiger partial charge in [-0.15, -0.1) is 0 Å². The molecule has 3 rings (SSSR count). The van der Waals surface area contributed by atoms with Gasteiger partial charge in [-0.05, 0) is 62.0 Å². The van der Waals surface area contributed by atoms with Gasteiger partial charge >= 0.3 is 6.18 Å². The number of aromatic nitrogens is 1. The van der Waals surface area contributed by atoms with Gasteiger partial charge in [0.05, 0.1) is 5.56 Å². The number of hydrogen-bond donors (Lipinski definition) is 2. The third kappa shape index (κ3) is 5.06. The molecular weight excluding hydrogens is 383 g/mol. The normalized spacial score (nSPS) is 17.2. The van der Waals surface area contributed by atoms with E-state index in [1.54, 1.807) is 19.2 Å². The van der Waals surface area contributed by atoms with Gasteiger partial charge in [-0.1, -0.05) is 18.2 Å². The van der Waals surface area contributed by atoms with Crippen LogP contribution in [0, 0.1) is 12.8 Å². The molecule has 0 saturated carbocycles. The Hall–Kier alpha value is -2.61. The second-order valence-corrected chi connectivity index (χ2v) is 7.38. The van der Waals surface area contributed by atoms with E-state index in [9.17, 15) is 22.8 Å². The van der Waals surface area contributed by atoms with Crippen LogP contribution in [0.2, 0.25) is 0 Å². The standard InChI is InChI=1S/C21H24F3N3O2/c1-14-8-10-27(13-15-5-4-9-25-11-15)20(29)18(14)19(28)26-12-16-6-2-3-7-17(16)21(22,23)24/h2-3,6-8,10,15,25H,4-5,9,11-13H2,1H3,(H,26,28). The molecule has 156 valence electrons. The van der Waals surface area contributed by atoms with E-state index >= 15 is 0 Å². The highest BCUT2D eigenvalue weighted by Crippen LogP contribution is 2.31. The van der Waals surface area contributed by atoms with Crippen LogP contribution in [0.25, 0.3) is 0 Å². The Morgan fingerprint density at radius 3 is 2.72 bits per heavy atom. The van der Waals surface area contributed by atoms with Crippen LogP contribution in [0.4, 0.5) is 13.2 Å². The van der Waals surface area contributed by atoms with Crippen molar-refractivity contribution in [1.29, 1.82) is 0 Å². The van der Waals surface area contributed by atoms with Crippen LogP contribution in [-0.4, -0.2) is 23.6 Å². The molecule has 1 saturated heterocycles. The number of benzene rings is 1. The molecule has 29 heavy (non-hydrogen) atoms. The van der Waals surface area contributed by atoms with Crippen molar-refractivity contribution in [3.63, 3.8) is 0 Å². The van der Waals surface area contributed by atoms with Gasteiger partial charge in [0.1, 0.15) is 5.56 Å². The fourth-order valence-electron chi connectivity index (χ4n) is 3.66. The zero-order valence-electron chi connectivity index (χ0n) is 16.2. The van der Waals surface area contributed by atoms with E-state index in [-0.39, 0.29) is 17.7 Å². The molecule has 5 nitrogen and oxygen atoms in total. The fourth-order valence-corrected chi connectivity index (χ4v) is 3.66. The zero-order valence-corrected chi connectivity index (χ0v) is 16.2. The van der Waals surface area contributed by atoms with Gasteiger partial charge in [-0.2, -0.15) is 13.2 Å². The first-order valence-electron chi connectivity index (χ1n) is 9.61. The molecule has 1 unspecified atom stereocenters. The maximum atomic E-state index is 13.1. The Balaban J connectivity index is 1.77. The summed E-state index contributed by atoms with van der Waals surface area (Å²) in [4.78, 5) is 25.5. The van der Waals surface area contributed by atoms with Crippen LogP contribution < -0.4 is 16.2 Å². The molecule has 0 aliphatic carbocycles. The van der Waals surface area contributed by atoms with E-state index in [4.69, 9.17) is 0 Å². The number of rotatable bonds is 5. The molecule has 1 aromatic carbocycles. The number of alkyl halides is 3. The van der Waals surface area contributed by atoms with E-state index in [1.165, 1.54) is 22.8 Å². The van der Waals surface area contributed by atoms with Gasteiger partial charge in [0, 0.05) is 19.3 Å². The van der Waals surface area contributed by atoms with Gasteiger partial charge in [0.25, 0.3) is 11.5 Å². The van der Waals surface area contributed by atoms with Gasteiger partial charge in [0.15, 0.2) is 0 Å². The number of carbonyl (C=O) groups is 1. The van der Waals surface area contributed by atoms with Crippen LogP contribution in [0.5, 0.6) is 0 Å². The van der Waals surface area contributed by atoms with E-state index in [1.807, 2.05) is 0 Å². The molecule has 1 amide bonds. The molecule has 0 bridgehead atoms. The SMILES string of the molecule is Cc1ccn(CC2CCCNC2)c(=O)c1C(=O)NCc1ccccc1C(F)(F)F. The quantitative estimate of drug-likeness (QED) is 0.801. The first-order valence-corrected chi connectivity index (χ1v) is 9.61. The number of halogens is 3. The van der Waals surface area contributed by atoms with Crippen LogP contribution in [0.15, 0.2) is 41.3 Å². The molecule has 2 aromatic rings. The number of amides is 1. The fraction of sp³-hybridized carbons (Fsp3) is 0.429. The van der Waals surface area contributed by atoms with E-state index in [0.29, 0.717) is 18.0 Å². The zero-order chi connectivity index (χ0) is 21.0. The minimum absolute atomic E-state index is 0.0271. The first-order chi connectivity index (χ1) is 13.8. The van der Waals surface area contributed by atoms with Crippen molar-refractivity contribution >= 4 is 5.91 Å². The first kappa shape index (κ1) is 21.1. The predicted octanol–water partition coefficient (Wildman–Crippen LogP) is 3.11. The number of hydrogen-bond acceptors (Lipinski definition) is 3. The highest BCUT2D eigenvalue weighted by atomic mass is 19.4. The molecule has 1 aliphatic rings. The van der Waals surface area contributed by atoms with E-state index < -0.39 is 23.2 Å². The summed E-state index contributed by atoms with van der Waals surface area (Å²) in [7, 11) is 0. The van der Waals surface area contributed by atoms with Gasteiger partial charge in [-0.3, -0.25) is 9.59 Å². The number of aryl methyl sites for hydroxylation is 1.